The SMILES string of the molecule is N#CCCCCc1cnc(N2CCCCC2)nc1. The summed E-state index contributed by atoms with van der Waals surface area (Å²) in [5.74, 6) is 0.871. The van der Waals surface area contributed by atoms with E-state index in [0.717, 1.165) is 38.3 Å². The minimum Gasteiger partial charge on any atom is -0.341 e. The first kappa shape index (κ1) is 12.8. The molecule has 0 spiro atoms. The molecule has 1 saturated heterocycles. The fraction of sp³-hybridized carbons (Fsp3) is 0.643. The maximum atomic E-state index is 8.46. The largest absolute Gasteiger partial charge is 0.341 e. The summed E-state index contributed by atoms with van der Waals surface area (Å²) in [6.45, 7) is 2.17. The van der Waals surface area contributed by atoms with Crippen LogP contribution in [-0.4, -0.2) is 23.1 Å². The van der Waals surface area contributed by atoms with Crippen LogP contribution in [0.25, 0.3) is 0 Å². The number of rotatable bonds is 5. The second-order valence-electron chi connectivity index (χ2n) is 4.80. The lowest BCUT2D eigenvalue weighted by Crippen LogP contribution is -2.30. The van der Waals surface area contributed by atoms with Gasteiger partial charge in [0.15, 0.2) is 0 Å². The van der Waals surface area contributed by atoms with Gasteiger partial charge >= 0.3 is 0 Å². The number of nitrogens with zero attached hydrogens (tertiary/aromatic N) is 4. The lowest BCUT2D eigenvalue weighted by molar-refractivity contribution is 0.567. The first-order chi connectivity index (χ1) is 8.90. The van der Waals surface area contributed by atoms with E-state index in [0.29, 0.717) is 6.42 Å². The number of hydrogen-bond donors (Lipinski definition) is 0. The van der Waals surface area contributed by atoms with E-state index in [4.69, 9.17) is 5.26 Å². The van der Waals surface area contributed by atoms with Crippen LogP contribution in [0, 0.1) is 11.3 Å². The summed E-state index contributed by atoms with van der Waals surface area (Å²) in [4.78, 5) is 11.2. The van der Waals surface area contributed by atoms with Gasteiger partial charge in [-0.15, -0.1) is 0 Å². The van der Waals surface area contributed by atoms with Gasteiger partial charge in [-0.25, -0.2) is 9.97 Å². The summed E-state index contributed by atoms with van der Waals surface area (Å²) in [6.07, 6.45) is 11.3. The summed E-state index contributed by atoms with van der Waals surface area (Å²) < 4.78 is 0. The number of hydrogen-bond acceptors (Lipinski definition) is 4. The average molecular weight is 244 g/mol. The van der Waals surface area contributed by atoms with Crippen LogP contribution in [0.5, 0.6) is 0 Å². The highest BCUT2D eigenvalue weighted by atomic mass is 15.2. The monoisotopic (exact) mass is 244 g/mol. The third-order valence-electron chi connectivity index (χ3n) is 3.33. The fourth-order valence-electron chi connectivity index (χ4n) is 2.27. The number of aromatic nitrogens is 2. The van der Waals surface area contributed by atoms with Crippen molar-refractivity contribution in [2.45, 2.75) is 44.9 Å². The Morgan fingerprint density at radius 1 is 1.11 bits per heavy atom. The van der Waals surface area contributed by atoms with Crippen LogP contribution in [-0.2, 0) is 6.42 Å². The van der Waals surface area contributed by atoms with Crippen molar-refractivity contribution < 1.29 is 0 Å². The maximum absolute atomic E-state index is 8.46. The molecule has 1 aliphatic heterocycles. The first-order valence-electron chi connectivity index (χ1n) is 6.83. The number of piperidine rings is 1. The highest BCUT2D eigenvalue weighted by Gasteiger charge is 2.12. The average Bonchev–Trinajstić information content (AvgIpc) is 2.45. The molecule has 1 aromatic heterocycles. The standard InChI is InChI=1S/C14H20N4/c15-8-4-1-3-7-13-11-16-14(17-12-13)18-9-5-2-6-10-18/h11-12H,1-7,9-10H2. The van der Waals surface area contributed by atoms with Crippen LogP contribution in [0.15, 0.2) is 12.4 Å². The van der Waals surface area contributed by atoms with Gasteiger partial charge in [0.1, 0.15) is 0 Å². The van der Waals surface area contributed by atoms with Gasteiger partial charge < -0.3 is 4.90 Å². The third kappa shape index (κ3) is 3.69. The number of anilines is 1. The Balaban J connectivity index is 1.83. The highest BCUT2D eigenvalue weighted by molar-refractivity contribution is 5.30. The molecule has 0 saturated carbocycles. The van der Waals surface area contributed by atoms with E-state index in [1.807, 2.05) is 12.4 Å². The van der Waals surface area contributed by atoms with Crippen molar-refractivity contribution in [1.82, 2.24) is 9.97 Å². The molecule has 0 amide bonds. The van der Waals surface area contributed by atoms with Gasteiger partial charge in [-0.3, -0.25) is 0 Å². The van der Waals surface area contributed by atoms with Crippen molar-refractivity contribution in [2.75, 3.05) is 18.0 Å². The summed E-state index contributed by atoms with van der Waals surface area (Å²) >= 11 is 0. The predicted molar refractivity (Wildman–Crippen MR) is 71.3 cm³/mol. The molecule has 0 bridgehead atoms. The highest BCUT2D eigenvalue weighted by Crippen LogP contribution is 2.15. The van der Waals surface area contributed by atoms with E-state index in [1.165, 1.54) is 24.8 Å². The molecule has 1 fully saturated rings. The van der Waals surface area contributed by atoms with Gasteiger partial charge in [0.2, 0.25) is 5.95 Å². The van der Waals surface area contributed by atoms with Crippen LogP contribution in [0.1, 0.15) is 44.1 Å². The molecule has 0 unspecified atom stereocenters. The molecule has 2 heterocycles. The van der Waals surface area contributed by atoms with Crippen molar-refractivity contribution in [2.24, 2.45) is 0 Å². The van der Waals surface area contributed by atoms with E-state index >= 15 is 0 Å². The topological polar surface area (TPSA) is 52.8 Å². The summed E-state index contributed by atoms with van der Waals surface area (Å²) in [5, 5.41) is 8.46. The Morgan fingerprint density at radius 2 is 1.83 bits per heavy atom. The van der Waals surface area contributed by atoms with Crippen LogP contribution >= 0.6 is 0 Å². The second kappa shape index (κ2) is 6.95. The molecule has 2 rings (SSSR count). The molecule has 96 valence electrons. The summed E-state index contributed by atoms with van der Waals surface area (Å²) in [7, 11) is 0. The van der Waals surface area contributed by atoms with Gasteiger partial charge in [0.05, 0.1) is 6.07 Å². The molecular formula is C14H20N4. The van der Waals surface area contributed by atoms with Crippen LogP contribution in [0.3, 0.4) is 0 Å². The summed E-state index contributed by atoms with van der Waals surface area (Å²) in [6, 6.07) is 2.17. The van der Waals surface area contributed by atoms with Crippen molar-refractivity contribution in [3.63, 3.8) is 0 Å². The van der Waals surface area contributed by atoms with Gasteiger partial charge in [-0.05, 0) is 44.1 Å². The molecule has 4 nitrogen and oxygen atoms in total. The maximum Gasteiger partial charge on any atom is 0.225 e. The molecule has 1 aliphatic rings. The molecule has 18 heavy (non-hydrogen) atoms. The van der Waals surface area contributed by atoms with Crippen LogP contribution < -0.4 is 4.90 Å². The quantitative estimate of drug-likeness (QED) is 0.747. The molecule has 0 aliphatic carbocycles. The minimum atomic E-state index is 0.646. The van der Waals surface area contributed by atoms with Crippen molar-refractivity contribution in [1.29, 1.82) is 5.26 Å². The van der Waals surface area contributed by atoms with Gasteiger partial charge in [-0.2, -0.15) is 5.26 Å². The Morgan fingerprint density at radius 3 is 2.50 bits per heavy atom. The molecule has 0 N–H and O–H groups in total. The molecule has 1 aromatic rings. The number of unbranched alkanes of at least 4 members (excludes halogenated alkanes) is 2. The first-order valence-corrected chi connectivity index (χ1v) is 6.83. The summed E-state index contributed by atoms with van der Waals surface area (Å²) in [5.41, 5.74) is 1.17. The number of nitriles is 1. The molecular weight excluding hydrogens is 224 g/mol. The van der Waals surface area contributed by atoms with Crippen molar-refractivity contribution in [3.8, 4) is 6.07 Å². The zero-order valence-corrected chi connectivity index (χ0v) is 10.8. The smallest absolute Gasteiger partial charge is 0.225 e. The van der Waals surface area contributed by atoms with Gasteiger partial charge in [0.25, 0.3) is 0 Å². The molecule has 0 aromatic carbocycles. The Hall–Kier alpha value is -1.63. The van der Waals surface area contributed by atoms with Gasteiger partial charge in [-0.1, -0.05) is 0 Å². The normalized spacial score (nSPS) is 15.4. The third-order valence-corrected chi connectivity index (χ3v) is 3.33. The zero-order chi connectivity index (χ0) is 12.6. The fourth-order valence-corrected chi connectivity index (χ4v) is 2.27. The molecule has 0 radical (unpaired) electrons. The van der Waals surface area contributed by atoms with Crippen LogP contribution in [0.4, 0.5) is 5.95 Å². The number of aryl methyl sites for hydroxylation is 1. The van der Waals surface area contributed by atoms with E-state index in [1.54, 1.807) is 0 Å². The van der Waals surface area contributed by atoms with Crippen molar-refractivity contribution in [3.05, 3.63) is 18.0 Å². The Kier molecular flexibility index (Phi) is 4.95. The zero-order valence-electron chi connectivity index (χ0n) is 10.8. The molecule has 4 heteroatoms. The van der Waals surface area contributed by atoms with E-state index in [9.17, 15) is 0 Å². The lowest BCUT2D eigenvalue weighted by Gasteiger charge is -2.26. The molecule has 0 atom stereocenters. The van der Waals surface area contributed by atoms with E-state index in [2.05, 4.69) is 20.9 Å². The Bertz CT molecular complexity index is 387. The second-order valence-corrected chi connectivity index (χ2v) is 4.80. The van der Waals surface area contributed by atoms with E-state index in [-0.39, 0.29) is 0 Å². The van der Waals surface area contributed by atoms with Crippen LogP contribution in [0.2, 0.25) is 0 Å². The lowest BCUT2D eigenvalue weighted by atomic mass is 10.1. The van der Waals surface area contributed by atoms with E-state index < -0.39 is 0 Å². The van der Waals surface area contributed by atoms with Crippen molar-refractivity contribution >= 4 is 5.95 Å². The minimum absolute atomic E-state index is 0.646. The van der Waals surface area contributed by atoms with Gasteiger partial charge in [0, 0.05) is 31.9 Å². The predicted octanol–water partition coefficient (Wildman–Crippen LogP) is 2.70. The Labute approximate surface area is 109 Å².